The maximum absolute atomic E-state index is 13.4. The summed E-state index contributed by atoms with van der Waals surface area (Å²) >= 11 is 0. The second-order valence-electron chi connectivity index (χ2n) is 5.24. The van der Waals surface area contributed by atoms with Gasteiger partial charge in [-0.1, -0.05) is 25.3 Å². The van der Waals surface area contributed by atoms with Gasteiger partial charge in [-0.3, -0.25) is 0 Å². The molecule has 5 heteroatoms. The van der Waals surface area contributed by atoms with E-state index in [2.05, 4.69) is 0 Å². The Morgan fingerprint density at radius 1 is 1.11 bits per heavy atom. The lowest BCUT2D eigenvalue weighted by molar-refractivity contribution is 0.483. The van der Waals surface area contributed by atoms with Gasteiger partial charge in [-0.2, -0.15) is 0 Å². The van der Waals surface area contributed by atoms with Gasteiger partial charge in [0.1, 0.15) is 5.82 Å². The molecule has 0 amide bonds. The summed E-state index contributed by atoms with van der Waals surface area (Å²) in [5.74, 6) is -0.501. The van der Waals surface area contributed by atoms with Crippen molar-refractivity contribution in [2.75, 3.05) is 0 Å². The van der Waals surface area contributed by atoms with Crippen LogP contribution in [0, 0.1) is 5.82 Å². The number of rotatable bonds is 4. The van der Waals surface area contributed by atoms with E-state index < -0.39 is 15.7 Å². The Morgan fingerprint density at radius 3 is 2.37 bits per heavy atom. The fraction of sp³-hybridized carbons (Fsp3) is 0.571. The molecule has 2 rings (SSSR count). The lowest BCUT2D eigenvalue weighted by Crippen LogP contribution is -2.25. The Kier molecular flexibility index (Phi) is 4.58. The van der Waals surface area contributed by atoms with Crippen LogP contribution in [0.2, 0.25) is 0 Å². The van der Waals surface area contributed by atoms with Crippen molar-refractivity contribution in [2.24, 2.45) is 5.73 Å². The monoisotopic (exact) mass is 285 g/mol. The molecule has 0 spiro atoms. The standard InChI is InChI=1S/C14H20FNO2S/c15-13-7-11(9-16)6-12(8-13)10-19(17,18)14-4-2-1-3-5-14/h6-8,14H,1-5,9-10,16H2. The Bertz CT molecular complexity index is 536. The Morgan fingerprint density at radius 2 is 1.74 bits per heavy atom. The molecule has 1 aliphatic rings. The fourth-order valence-corrected chi connectivity index (χ4v) is 4.61. The Hall–Kier alpha value is -0.940. The van der Waals surface area contributed by atoms with Crippen molar-refractivity contribution in [3.8, 4) is 0 Å². The lowest BCUT2D eigenvalue weighted by atomic mass is 10.0. The van der Waals surface area contributed by atoms with E-state index in [1.807, 2.05) is 0 Å². The molecule has 0 aliphatic heterocycles. The summed E-state index contributed by atoms with van der Waals surface area (Å²) in [6.45, 7) is 0.217. The summed E-state index contributed by atoms with van der Waals surface area (Å²) in [5.41, 5.74) is 6.62. The summed E-state index contributed by atoms with van der Waals surface area (Å²) in [6.07, 6.45) is 4.54. The van der Waals surface area contributed by atoms with Crippen LogP contribution in [0.15, 0.2) is 18.2 Å². The number of halogens is 1. The van der Waals surface area contributed by atoms with Crippen molar-refractivity contribution in [2.45, 2.75) is 49.7 Å². The van der Waals surface area contributed by atoms with Crippen molar-refractivity contribution in [1.29, 1.82) is 0 Å². The smallest absolute Gasteiger partial charge is 0.157 e. The predicted octanol–water partition coefficient (Wildman–Crippen LogP) is 2.53. The first-order valence-corrected chi connectivity index (χ1v) is 8.43. The van der Waals surface area contributed by atoms with E-state index in [1.54, 1.807) is 6.07 Å². The van der Waals surface area contributed by atoms with Crippen LogP contribution in [0.3, 0.4) is 0 Å². The first kappa shape index (κ1) is 14.5. The fourth-order valence-electron chi connectivity index (χ4n) is 2.69. The predicted molar refractivity (Wildman–Crippen MR) is 73.8 cm³/mol. The average molecular weight is 285 g/mol. The summed E-state index contributed by atoms with van der Waals surface area (Å²) in [5, 5.41) is -0.258. The third kappa shape index (κ3) is 3.76. The third-order valence-electron chi connectivity index (χ3n) is 3.68. The first-order valence-electron chi connectivity index (χ1n) is 6.71. The molecule has 1 aromatic rings. The van der Waals surface area contributed by atoms with Gasteiger partial charge in [0.25, 0.3) is 0 Å². The largest absolute Gasteiger partial charge is 0.326 e. The lowest BCUT2D eigenvalue weighted by Gasteiger charge is -2.21. The second kappa shape index (κ2) is 6.01. The van der Waals surface area contributed by atoms with Crippen molar-refractivity contribution in [1.82, 2.24) is 0 Å². The molecule has 0 atom stereocenters. The summed E-state index contributed by atoms with van der Waals surface area (Å²) < 4.78 is 38.0. The summed E-state index contributed by atoms with van der Waals surface area (Å²) in [7, 11) is -3.19. The minimum atomic E-state index is -3.19. The number of benzene rings is 1. The van der Waals surface area contributed by atoms with Crippen molar-refractivity contribution in [3.05, 3.63) is 35.1 Å². The van der Waals surface area contributed by atoms with Crippen LogP contribution < -0.4 is 5.73 Å². The Balaban J connectivity index is 2.17. The average Bonchev–Trinajstić information content (AvgIpc) is 2.38. The molecule has 1 aliphatic carbocycles. The molecule has 1 aromatic carbocycles. The summed E-state index contributed by atoms with van der Waals surface area (Å²) in [4.78, 5) is 0. The molecule has 0 aromatic heterocycles. The van der Waals surface area contributed by atoms with Crippen molar-refractivity contribution < 1.29 is 12.8 Å². The molecule has 3 nitrogen and oxygen atoms in total. The van der Waals surface area contributed by atoms with Crippen LogP contribution in [0.25, 0.3) is 0 Å². The number of hydrogen-bond acceptors (Lipinski definition) is 3. The molecule has 0 saturated heterocycles. The van der Waals surface area contributed by atoms with Gasteiger partial charge < -0.3 is 5.73 Å². The molecule has 19 heavy (non-hydrogen) atoms. The topological polar surface area (TPSA) is 60.2 Å². The van der Waals surface area contributed by atoms with Crippen LogP contribution in [0.1, 0.15) is 43.2 Å². The molecule has 0 unspecified atom stereocenters. The van der Waals surface area contributed by atoms with Gasteiger partial charge in [0, 0.05) is 6.54 Å². The van der Waals surface area contributed by atoms with E-state index in [0.717, 1.165) is 32.1 Å². The third-order valence-corrected chi connectivity index (χ3v) is 5.90. The Labute approximate surface area is 113 Å². The minimum Gasteiger partial charge on any atom is -0.326 e. The van der Waals surface area contributed by atoms with Crippen LogP contribution >= 0.6 is 0 Å². The van der Waals surface area contributed by atoms with Crippen LogP contribution in [-0.4, -0.2) is 13.7 Å². The highest BCUT2D eigenvalue weighted by atomic mass is 32.2. The summed E-state index contributed by atoms with van der Waals surface area (Å²) in [6, 6.07) is 4.32. The molecule has 1 saturated carbocycles. The molecule has 106 valence electrons. The molecule has 0 radical (unpaired) electrons. The van der Waals surface area contributed by atoms with E-state index in [-0.39, 0.29) is 17.5 Å². The van der Waals surface area contributed by atoms with Gasteiger partial charge in [0.15, 0.2) is 9.84 Å². The van der Waals surface area contributed by atoms with Crippen LogP contribution in [0.4, 0.5) is 4.39 Å². The van der Waals surface area contributed by atoms with Gasteiger partial charge in [-0.15, -0.1) is 0 Å². The quantitative estimate of drug-likeness (QED) is 0.924. The second-order valence-corrected chi connectivity index (χ2v) is 7.52. The maximum Gasteiger partial charge on any atom is 0.157 e. The molecule has 0 bridgehead atoms. The van der Waals surface area contributed by atoms with Gasteiger partial charge in [0.2, 0.25) is 0 Å². The zero-order valence-electron chi connectivity index (χ0n) is 10.9. The van der Waals surface area contributed by atoms with E-state index in [0.29, 0.717) is 11.1 Å². The van der Waals surface area contributed by atoms with Gasteiger partial charge in [0.05, 0.1) is 11.0 Å². The van der Waals surface area contributed by atoms with Crippen LogP contribution in [-0.2, 0) is 22.1 Å². The minimum absolute atomic E-state index is 0.0809. The van der Waals surface area contributed by atoms with E-state index >= 15 is 0 Å². The SMILES string of the molecule is NCc1cc(F)cc(CS(=O)(=O)C2CCCCC2)c1. The highest BCUT2D eigenvalue weighted by Crippen LogP contribution is 2.26. The highest BCUT2D eigenvalue weighted by molar-refractivity contribution is 7.91. The van der Waals surface area contributed by atoms with Crippen LogP contribution in [0.5, 0.6) is 0 Å². The van der Waals surface area contributed by atoms with Crippen molar-refractivity contribution >= 4 is 9.84 Å². The zero-order valence-corrected chi connectivity index (χ0v) is 11.8. The number of sulfone groups is 1. The first-order chi connectivity index (χ1) is 9.01. The zero-order chi connectivity index (χ0) is 13.9. The van der Waals surface area contributed by atoms with Gasteiger partial charge in [-0.25, -0.2) is 12.8 Å². The highest BCUT2D eigenvalue weighted by Gasteiger charge is 2.27. The molecule has 2 N–H and O–H groups in total. The van der Waals surface area contributed by atoms with E-state index in [1.165, 1.54) is 12.1 Å². The van der Waals surface area contributed by atoms with Gasteiger partial charge in [-0.05, 0) is 36.1 Å². The normalized spacial score (nSPS) is 17.6. The molecular formula is C14H20FNO2S. The molecular weight excluding hydrogens is 265 g/mol. The van der Waals surface area contributed by atoms with Crippen molar-refractivity contribution in [3.63, 3.8) is 0 Å². The van der Waals surface area contributed by atoms with E-state index in [4.69, 9.17) is 5.73 Å². The van der Waals surface area contributed by atoms with E-state index in [9.17, 15) is 12.8 Å². The number of nitrogens with two attached hydrogens (primary N) is 1. The number of hydrogen-bond donors (Lipinski definition) is 1. The maximum atomic E-state index is 13.4. The molecule has 0 heterocycles. The van der Waals surface area contributed by atoms with Gasteiger partial charge >= 0.3 is 0 Å². The molecule has 1 fully saturated rings.